The van der Waals surface area contributed by atoms with Gasteiger partial charge in [-0.1, -0.05) is 13.0 Å². The zero-order valence-electron chi connectivity index (χ0n) is 13.5. The maximum atomic E-state index is 12.5. The van der Waals surface area contributed by atoms with Crippen molar-refractivity contribution in [3.8, 4) is 0 Å². The van der Waals surface area contributed by atoms with Gasteiger partial charge in [0.05, 0.1) is 10.9 Å². The van der Waals surface area contributed by atoms with Gasteiger partial charge in [0.25, 0.3) is 5.91 Å². The molecule has 2 aromatic rings. The number of nitrogens with one attached hydrogen (secondary N) is 1. The standard InChI is InChI=1S/C18H22N2OS.ClH/c1-3-16-11(2)9-17(22-16)18(21)20-15-6-4-5-12-10-13(19)7-8-14(12)15;/h7-10,15H,3-6,19H2,1-2H3,(H,20,21);1H. The van der Waals surface area contributed by atoms with Crippen LogP contribution in [0.3, 0.4) is 0 Å². The van der Waals surface area contributed by atoms with E-state index in [-0.39, 0.29) is 24.4 Å². The first-order chi connectivity index (χ1) is 10.6. The third-order valence-electron chi connectivity index (χ3n) is 4.35. The minimum Gasteiger partial charge on any atom is -0.399 e. The summed E-state index contributed by atoms with van der Waals surface area (Å²) in [5, 5.41) is 3.21. The summed E-state index contributed by atoms with van der Waals surface area (Å²) in [6.07, 6.45) is 4.11. The molecule has 1 aromatic heterocycles. The second-order valence-corrected chi connectivity index (χ2v) is 7.08. The summed E-state index contributed by atoms with van der Waals surface area (Å²) in [4.78, 5) is 14.7. The molecule has 1 atom stereocenters. The summed E-state index contributed by atoms with van der Waals surface area (Å²) in [5.74, 6) is 0.0440. The van der Waals surface area contributed by atoms with Crippen molar-refractivity contribution in [2.75, 3.05) is 5.73 Å². The molecule has 0 saturated heterocycles. The fraction of sp³-hybridized carbons (Fsp3) is 0.389. The van der Waals surface area contributed by atoms with Crippen molar-refractivity contribution in [3.63, 3.8) is 0 Å². The highest BCUT2D eigenvalue weighted by atomic mass is 35.5. The lowest BCUT2D eigenvalue weighted by atomic mass is 9.87. The number of amides is 1. The third-order valence-corrected chi connectivity index (χ3v) is 5.73. The first-order valence-electron chi connectivity index (χ1n) is 7.87. The van der Waals surface area contributed by atoms with Gasteiger partial charge in [0.2, 0.25) is 0 Å². The van der Waals surface area contributed by atoms with Crippen LogP contribution in [-0.2, 0) is 12.8 Å². The molecule has 3 N–H and O–H groups in total. The van der Waals surface area contributed by atoms with Gasteiger partial charge in [0.15, 0.2) is 0 Å². The predicted molar refractivity (Wildman–Crippen MR) is 99.7 cm³/mol. The van der Waals surface area contributed by atoms with Crippen LogP contribution in [0.25, 0.3) is 0 Å². The first-order valence-corrected chi connectivity index (χ1v) is 8.68. The molecular weight excluding hydrogens is 328 g/mol. The number of rotatable bonds is 3. The van der Waals surface area contributed by atoms with Gasteiger partial charge in [-0.25, -0.2) is 0 Å². The monoisotopic (exact) mass is 350 g/mol. The fourth-order valence-corrected chi connectivity index (χ4v) is 4.21. The molecule has 0 spiro atoms. The van der Waals surface area contributed by atoms with E-state index in [1.54, 1.807) is 11.3 Å². The highest BCUT2D eigenvalue weighted by Crippen LogP contribution is 2.32. The number of halogens is 1. The van der Waals surface area contributed by atoms with E-state index in [1.807, 2.05) is 18.2 Å². The van der Waals surface area contributed by atoms with Gasteiger partial charge in [-0.3, -0.25) is 4.79 Å². The van der Waals surface area contributed by atoms with Crippen LogP contribution in [0.1, 0.15) is 57.0 Å². The molecule has 3 rings (SSSR count). The topological polar surface area (TPSA) is 55.1 Å². The van der Waals surface area contributed by atoms with E-state index in [0.29, 0.717) is 0 Å². The number of nitrogens with two attached hydrogens (primary N) is 1. The van der Waals surface area contributed by atoms with Gasteiger partial charge >= 0.3 is 0 Å². The molecule has 1 heterocycles. The highest BCUT2D eigenvalue weighted by molar-refractivity contribution is 7.14. The van der Waals surface area contributed by atoms with Gasteiger partial charge in [-0.05, 0) is 67.5 Å². The second kappa shape index (κ2) is 7.37. The molecule has 5 heteroatoms. The molecule has 1 aromatic carbocycles. The van der Waals surface area contributed by atoms with Crippen molar-refractivity contribution in [1.29, 1.82) is 0 Å². The summed E-state index contributed by atoms with van der Waals surface area (Å²) >= 11 is 1.61. The Balaban J connectivity index is 0.00000192. The van der Waals surface area contributed by atoms with Gasteiger partial charge in [-0.2, -0.15) is 0 Å². The number of carbonyl (C=O) groups excluding carboxylic acids is 1. The number of aryl methyl sites for hydroxylation is 3. The molecule has 124 valence electrons. The molecule has 0 bridgehead atoms. The Hall–Kier alpha value is -1.52. The largest absolute Gasteiger partial charge is 0.399 e. The average Bonchev–Trinajstić information content (AvgIpc) is 2.88. The fourth-order valence-electron chi connectivity index (χ4n) is 3.20. The van der Waals surface area contributed by atoms with E-state index < -0.39 is 0 Å². The van der Waals surface area contributed by atoms with Crippen LogP contribution in [0.15, 0.2) is 24.3 Å². The van der Waals surface area contributed by atoms with Crippen LogP contribution in [0, 0.1) is 6.92 Å². The van der Waals surface area contributed by atoms with E-state index in [0.717, 1.165) is 36.2 Å². The summed E-state index contributed by atoms with van der Waals surface area (Å²) in [7, 11) is 0. The Bertz CT molecular complexity index is 711. The molecule has 1 aliphatic carbocycles. The van der Waals surface area contributed by atoms with Crippen molar-refractivity contribution in [2.45, 2.75) is 45.6 Å². The van der Waals surface area contributed by atoms with Crippen molar-refractivity contribution in [3.05, 3.63) is 50.7 Å². The van der Waals surface area contributed by atoms with E-state index in [9.17, 15) is 4.79 Å². The lowest BCUT2D eigenvalue weighted by molar-refractivity contribution is 0.0937. The number of nitrogen functional groups attached to an aromatic ring is 1. The molecule has 23 heavy (non-hydrogen) atoms. The molecule has 0 radical (unpaired) electrons. The highest BCUT2D eigenvalue weighted by Gasteiger charge is 2.23. The second-order valence-electron chi connectivity index (χ2n) is 5.95. The quantitative estimate of drug-likeness (QED) is 0.804. The van der Waals surface area contributed by atoms with Crippen LogP contribution in [-0.4, -0.2) is 5.91 Å². The molecule has 1 aliphatic rings. The van der Waals surface area contributed by atoms with E-state index in [2.05, 4.69) is 25.2 Å². The third kappa shape index (κ3) is 3.70. The Morgan fingerprint density at radius 3 is 2.87 bits per heavy atom. The minimum absolute atomic E-state index is 0. The smallest absolute Gasteiger partial charge is 0.261 e. The van der Waals surface area contributed by atoms with E-state index in [1.165, 1.54) is 21.6 Å². The van der Waals surface area contributed by atoms with Crippen LogP contribution >= 0.6 is 23.7 Å². The predicted octanol–water partition coefficient (Wildman–Crippen LogP) is 4.43. The maximum absolute atomic E-state index is 12.5. The minimum atomic E-state index is 0. The lowest BCUT2D eigenvalue weighted by Crippen LogP contribution is -2.30. The zero-order valence-corrected chi connectivity index (χ0v) is 15.2. The summed E-state index contributed by atoms with van der Waals surface area (Å²) < 4.78 is 0. The van der Waals surface area contributed by atoms with Crippen molar-refractivity contribution in [2.24, 2.45) is 0 Å². The number of thiophene rings is 1. The Morgan fingerprint density at radius 2 is 2.17 bits per heavy atom. The van der Waals surface area contributed by atoms with Crippen LogP contribution in [0.2, 0.25) is 0 Å². The number of hydrogen-bond donors (Lipinski definition) is 2. The molecule has 0 fully saturated rings. The van der Waals surface area contributed by atoms with Crippen LogP contribution in [0.4, 0.5) is 5.69 Å². The summed E-state index contributed by atoms with van der Waals surface area (Å²) in [6, 6.07) is 8.13. The first kappa shape index (κ1) is 17.8. The van der Waals surface area contributed by atoms with Crippen molar-refractivity contribution < 1.29 is 4.79 Å². The van der Waals surface area contributed by atoms with Gasteiger partial charge < -0.3 is 11.1 Å². The molecule has 3 nitrogen and oxygen atoms in total. The Labute approximate surface area is 147 Å². The molecular formula is C18H23ClN2OS. The zero-order chi connectivity index (χ0) is 15.7. The number of fused-ring (bicyclic) bond motifs is 1. The van der Waals surface area contributed by atoms with Crippen molar-refractivity contribution >= 4 is 35.3 Å². The van der Waals surface area contributed by atoms with Crippen LogP contribution in [0.5, 0.6) is 0 Å². The van der Waals surface area contributed by atoms with E-state index in [4.69, 9.17) is 5.73 Å². The average molecular weight is 351 g/mol. The van der Waals surface area contributed by atoms with Crippen molar-refractivity contribution in [1.82, 2.24) is 5.32 Å². The summed E-state index contributed by atoms with van der Waals surface area (Å²) in [6.45, 7) is 4.20. The number of carbonyl (C=O) groups is 1. The Kier molecular flexibility index (Phi) is 5.71. The number of hydrogen-bond acceptors (Lipinski definition) is 3. The van der Waals surface area contributed by atoms with Gasteiger partial charge in [-0.15, -0.1) is 23.7 Å². The lowest BCUT2D eigenvalue weighted by Gasteiger charge is -2.26. The molecule has 1 amide bonds. The molecule has 0 aliphatic heterocycles. The van der Waals surface area contributed by atoms with E-state index >= 15 is 0 Å². The maximum Gasteiger partial charge on any atom is 0.261 e. The van der Waals surface area contributed by atoms with Gasteiger partial charge in [0.1, 0.15) is 0 Å². The van der Waals surface area contributed by atoms with Crippen LogP contribution < -0.4 is 11.1 Å². The SMILES string of the molecule is CCc1sc(C(=O)NC2CCCc3cc(N)ccc32)cc1C.Cl. The number of benzene rings is 1. The molecule has 1 unspecified atom stereocenters. The normalized spacial score (nSPS) is 16.3. The Morgan fingerprint density at radius 1 is 1.39 bits per heavy atom. The molecule has 0 saturated carbocycles. The van der Waals surface area contributed by atoms with Gasteiger partial charge in [0, 0.05) is 10.6 Å². The summed E-state index contributed by atoms with van der Waals surface area (Å²) in [5.41, 5.74) is 10.4. The number of anilines is 1.